The number of hydrogen-bond donors (Lipinski definition) is 4. The third kappa shape index (κ3) is 4.57. The molecule has 21 heavy (non-hydrogen) atoms. The minimum absolute atomic E-state index is 0.361. The number of rotatable bonds is 6. The van der Waals surface area contributed by atoms with E-state index in [1.54, 1.807) is 0 Å². The molecule has 2 rings (SSSR count). The zero-order chi connectivity index (χ0) is 15.2. The SMILES string of the molecule is OCC1O[C@@H](OCCCN2CCOCC2)C(O)C(O)[C@@H]1O. The van der Waals surface area contributed by atoms with E-state index in [1.807, 2.05) is 0 Å². The van der Waals surface area contributed by atoms with Crippen molar-refractivity contribution in [1.29, 1.82) is 0 Å². The van der Waals surface area contributed by atoms with Gasteiger partial charge in [0.15, 0.2) is 6.29 Å². The second-order valence-corrected chi connectivity index (χ2v) is 5.38. The largest absolute Gasteiger partial charge is 0.394 e. The Balaban J connectivity index is 1.69. The molecule has 4 N–H and O–H groups in total. The normalized spacial score (nSPS) is 38.6. The molecule has 0 aromatic carbocycles. The fraction of sp³-hybridized carbons (Fsp3) is 1.00. The Kier molecular flexibility index (Phi) is 6.77. The summed E-state index contributed by atoms with van der Waals surface area (Å²) in [5, 5.41) is 38.2. The Labute approximate surface area is 123 Å². The molecule has 2 fully saturated rings. The van der Waals surface area contributed by atoms with Crippen molar-refractivity contribution in [1.82, 2.24) is 4.90 Å². The lowest BCUT2D eigenvalue weighted by molar-refractivity contribution is -0.301. The number of aliphatic hydroxyl groups excluding tert-OH is 4. The van der Waals surface area contributed by atoms with E-state index in [9.17, 15) is 15.3 Å². The summed E-state index contributed by atoms with van der Waals surface area (Å²) in [7, 11) is 0. The van der Waals surface area contributed by atoms with Gasteiger partial charge in [0.1, 0.15) is 24.4 Å². The lowest BCUT2D eigenvalue weighted by Crippen LogP contribution is -2.59. The number of hydrogen-bond acceptors (Lipinski definition) is 8. The van der Waals surface area contributed by atoms with Gasteiger partial charge in [0.2, 0.25) is 0 Å². The van der Waals surface area contributed by atoms with E-state index in [4.69, 9.17) is 19.3 Å². The average Bonchev–Trinajstić information content (AvgIpc) is 2.52. The zero-order valence-electron chi connectivity index (χ0n) is 12.0. The predicted octanol–water partition coefficient (Wildman–Crippen LogP) is -2.47. The van der Waals surface area contributed by atoms with Crippen LogP contribution < -0.4 is 0 Å². The van der Waals surface area contributed by atoms with Gasteiger partial charge in [-0.15, -0.1) is 0 Å². The van der Waals surface area contributed by atoms with Crippen molar-refractivity contribution < 1.29 is 34.6 Å². The summed E-state index contributed by atoms with van der Waals surface area (Å²) in [6, 6.07) is 0. The van der Waals surface area contributed by atoms with Crippen LogP contribution >= 0.6 is 0 Å². The van der Waals surface area contributed by atoms with Gasteiger partial charge >= 0.3 is 0 Å². The highest BCUT2D eigenvalue weighted by Gasteiger charge is 2.43. The van der Waals surface area contributed by atoms with E-state index < -0.39 is 37.3 Å². The fourth-order valence-corrected chi connectivity index (χ4v) is 2.52. The third-order valence-corrected chi connectivity index (χ3v) is 3.85. The summed E-state index contributed by atoms with van der Waals surface area (Å²) in [5.41, 5.74) is 0. The van der Waals surface area contributed by atoms with E-state index in [-0.39, 0.29) is 0 Å². The molecule has 5 atom stereocenters. The molecule has 8 nitrogen and oxygen atoms in total. The molecule has 0 aliphatic carbocycles. The topological polar surface area (TPSA) is 112 Å². The van der Waals surface area contributed by atoms with Crippen LogP contribution in [-0.4, -0.2) is 102 Å². The van der Waals surface area contributed by atoms with Gasteiger partial charge in [-0.05, 0) is 6.42 Å². The van der Waals surface area contributed by atoms with Crippen LogP contribution in [0.1, 0.15) is 6.42 Å². The Morgan fingerprint density at radius 2 is 1.76 bits per heavy atom. The molecule has 0 bridgehead atoms. The Morgan fingerprint density at radius 3 is 2.43 bits per heavy atom. The molecule has 2 heterocycles. The molecular weight excluding hydrogens is 282 g/mol. The molecule has 0 amide bonds. The van der Waals surface area contributed by atoms with Gasteiger partial charge < -0.3 is 34.6 Å². The molecule has 2 aliphatic rings. The Bertz CT molecular complexity index is 298. The molecular formula is C13H25NO7. The smallest absolute Gasteiger partial charge is 0.186 e. The first kappa shape index (κ1) is 17.0. The predicted molar refractivity (Wildman–Crippen MR) is 71.6 cm³/mol. The molecule has 8 heteroatoms. The monoisotopic (exact) mass is 307 g/mol. The minimum atomic E-state index is -1.39. The fourth-order valence-electron chi connectivity index (χ4n) is 2.52. The van der Waals surface area contributed by atoms with E-state index in [2.05, 4.69) is 4.90 Å². The van der Waals surface area contributed by atoms with Crippen LogP contribution in [0.3, 0.4) is 0 Å². The van der Waals surface area contributed by atoms with Crippen LogP contribution in [0.25, 0.3) is 0 Å². The lowest BCUT2D eigenvalue weighted by atomic mass is 9.99. The first-order valence-electron chi connectivity index (χ1n) is 7.35. The van der Waals surface area contributed by atoms with Crippen molar-refractivity contribution in [2.24, 2.45) is 0 Å². The maximum atomic E-state index is 9.80. The van der Waals surface area contributed by atoms with Crippen molar-refractivity contribution in [3.05, 3.63) is 0 Å². The van der Waals surface area contributed by atoms with Crippen LogP contribution in [0.15, 0.2) is 0 Å². The number of morpholine rings is 1. The van der Waals surface area contributed by atoms with Gasteiger partial charge in [-0.1, -0.05) is 0 Å². The third-order valence-electron chi connectivity index (χ3n) is 3.85. The van der Waals surface area contributed by atoms with E-state index in [0.717, 1.165) is 39.3 Å². The second kappa shape index (κ2) is 8.35. The quantitative estimate of drug-likeness (QED) is 0.399. The summed E-state index contributed by atoms with van der Waals surface area (Å²) >= 11 is 0. The number of aliphatic hydroxyl groups is 4. The van der Waals surface area contributed by atoms with Crippen LogP contribution in [0.2, 0.25) is 0 Å². The standard InChI is InChI=1S/C13H25NO7/c15-8-9-10(16)11(17)12(18)13(21-9)20-5-1-2-14-3-6-19-7-4-14/h9-13,15-18H,1-8H2/t9?,10-,11?,12?,13-/m1/s1. The van der Waals surface area contributed by atoms with Crippen molar-refractivity contribution in [3.8, 4) is 0 Å². The second-order valence-electron chi connectivity index (χ2n) is 5.38. The Morgan fingerprint density at radius 1 is 1.05 bits per heavy atom. The highest BCUT2D eigenvalue weighted by molar-refractivity contribution is 4.88. The van der Waals surface area contributed by atoms with Crippen molar-refractivity contribution in [2.75, 3.05) is 46.1 Å². The summed E-state index contributed by atoms with van der Waals surface area (Å²) in [4.78, 5) is 2.26. The van der Waals surface area contributed by atoms with E-state index >= 15 is 0 Å². The van der Waals surface area contributed by atoms with Crippen LogP contribution in [0.5, 0.6) is 0 Å². The zero-order valence-corrected chi connectivity index (χ0v) is 12.0. The maximum absolute atomic E-state index is 9.80. The minimum Gasteiger partial charge on any atom is -0.394 e. The van der Waals surface area contributed by atoms with E-state index in [0.29, 0.717) is 6.61 Å². The van der Waals surface area contributed by atoms with Crippen molar-refractivity contribution >= 4 is 0 Å². The van der Waals surface area contributed by atoms with Gasteiger partial charge in [-0.25, -0.2) is 0 Å². The van der Waals surface area contributed by atoms with Crippen LogP contribution in [0.4, 0.5) is 0 Å². The molecule has 0 spiro atoms. The van der Waals surface area contributed by atoms with Crippen molar-refractivity contribution in [2.45, 2.75) is 37.1 Å². The van der Waals surface area contributed by atoms with Gasteiger partial charge in [-0.2, -0.15) is 0 Å². The molecule has 124 valence electrons. The summed E-state index contributed by atoms with van der Waals surface area (Å²) in [6.45, 7) is 4.07. The molecule has 2 saturated heterocycles. The molecule has 0 saturated carbocycles. The van der Waals surface area contributed by atoms with Gasteiger partial charge in [-0.3, -0.25) is 4.90 Å². The van der Waals surface area contributed by atoms with Gasteiger partial charge in [0.25, 0.3) is 0 Å². The highest BCUT2D eigenvalue weighted by Crippen LogP contribution is 2.21. The summed E-state index contributed by atoms with van der Waals surface area (Å²) < 4.78 is 15.9. The van der Waals surface area contributed by atoms with E-state index in [1.165, 1.54) is 0 Å². The number of ether oxygens (including phenoxy) is 3. The lowest BCUT2D eigenvalue weighted by Gasteiger charge is -2.39. The first-order chi connectivity index (χ1) is 10.1. The summed E-state index contributed by atoms with van der Waals surface area (Å²) in [5.74, 6) is 0. The van der Waals surface area contributed by atoms with Crippen molar-refractivity contribution in [3.63, 3.8) is 0 Å². The summed E-state index contributed by atoms with van der Waals surface area (Å²) in [6.07, 6.45) is -5.27. The van der Waals surface area contributed by atoms with Gasteiger partial charge in [0, 0.05) is 19.6 Å². The number of nitrogens with zero attached hydrogens (tertiary/aromatic N) is 1. The molecule has 0 aromatic heterocycles. The highest BCUT2D eigenvalue weighted by atomic mass is 16.7. The van der Waals surface area contributed by atoms with Crippen LogP contribution in [0, 0.1) is 0 Å². The maximum Gasteiger partial charge on any atom is 0.186 e. The first-order valence-corrected chi connectivity index (χ1v) is 7.35. The molecule has 0 aromatic rings. The van der Waals surface area contributed by atoms with Gasteiger partial charge in [0.05, 0.1) is 26.4 Å². The Hall–Kier alpha value is -0.320. The molecule has 2 aliphatic heterocycles. The molecule has 0 radical (unpaired) electrons. The average molecular weight is 307 g/mol. The van der Waals surface area contributed by atoms with Crippen LogP contribution in [-0.2, 0) is 14.2 Å². The molecule has 3 unspecified atom stereocenters.